The molecule has 1 saturated carbocycles. The number of thiophene rings is 1. The lowest BCUT2D eigenvalue weighted by atomic mass is 9.85. The summed E-state index contributed by atoms with van der Waals surface area (Å²) < 4.78 is 2.26. The second-order valence-corrected chi connectivity index (χ2v) is 10.8. The van der Waals surface area contributed by atoms with Gasteiger partial charge in [0.1, 0.15) is 10.7 Å². The number of ketones is 1. The van der Waals surface area contributed by atoms with E-state index in [1.165, 1.54) is 49.3 Å². The van der Waals surface area contributed by atoms with Crippen molar-refractivity contribution in [3.63, 3.8) is 0 Å². The Bertz CT molecular complexity index is 1410. The van der Waals surface area contributed by atoms with Crippen LogP contribution in [0.2, 0.25) is 0 Å². The standard InChI is InChI=1S/C24H26N6O2S2/c1-13-7-4-5-9-17(13)30-21(16-8-6-10-25-11-16)28-29-24(30)33-12-18-26-22(32)19-14(2)20(15(3)31)34-23(19)27-18/h6,8,10-11,13,17H,4-5,7,9,12H2,1-3H3,(H,26,27,32)/t13-,17+/m0/s1. The van der Waals surface area contributed by atoms with E-state index in [9.17, 15) is 9.59 Å². The Labute approximate surface area is 205 Å². The molecule has 0 amide bonds. The van der Waals surface area contributed by atoms with Crippen molar-refractivity contribution in [2.75, 3.05) is 0 Å². The van der Waals surface area contributed by atoms with E-state index >= 15 is 0 Å². The second-order valence-electron chi connectivity index (χ2n) is 8.84. The van der Waals surface area contributed by atoms with Crippen molar-refractivity contribution in [3.05, 3.63) is 51.1 Å². The van der Waals surface area contributed by atoms with Gasteiger partial charge in [-0.05, 0) is 50.3 Å². The topological polar surface area (TPSA) is 106 Å². The van der Waals surface area contributed by atoms with Gasteiger partial charge in [0.25, 0.3) is 5.56 Å². The van der Waals surface area contributed by atoms with Crippen molar-refractivity contribution in [2.45, 2.75) is 63.4 Å². The number of hydrogen-bond donors (Lipinski definition) is 1. The lowest BCUT2D eigenvalue weighted by Crippen LogP contribution is -2.22. The molecule has 1 N–H and O–H groups in total. The molecule has 0 bridgehead atoms. The van der Waals surface area contributed by atoms with E-state index in [0.29, 0.717) is 44.2 Å². The van der Waals surface area contributed by atoms with Crippen LogP contribution in [0.5, 0.6) is 0 Å². The fourth-order valence-corrected chi connectivity index (χ4v) is 6.73. The van der Waals surface area contributed by atoms with Gasteiger partial charge in [-0.15, -0.1) is 21.5 Å². The molecule has 1 aliphatic rings. The third-order valence-electron chi connectivity index (χ3n) is 6.49. The third-order valence-corrected chi connectivity index (χ3v) is 8.73. The van der Waals surface area contributed by atoms with Gasteiger partial charge in [-0.1, -0.05) is 31.5 Å². The van der Waals surface area contributed by atoms with Gasteiger partial charge in [-0.25, -0.2) is 4.98 Å². The first kappa shape index (κ1) is 22.9. The summed E-state index contributed by atoms with van der Waals surface area (Å²) in [5, 5.41) is 10.4. The van der Waals surface area contributed by atoms with Crippen LogP contribution in [0, 0.1) is 12.8 Å². The van der Waals surface area contributed by atoms with E-state index in [0.717, 1.165) is 23.0 Å². The number of rotatable bonds is 6. The fourth-order valence-electron chi connectivity index (χ4n) is 4.77. The lowest BCUT2D eigenvalue weighted by molar-refractivity contribution is 0.102. The van der Waals surface area contributed by atoms with Crippen molar-refractivity contribution in [1.82, 2.24) is 29.7 Å². The molecule has 8 nitrogen and oxygen atoms in total. The Morgan fingerprint density at radius 2 is 2.12 bits per heavy atom. The summed E-state index contributed by atoms with van der Waals surface area (Å²) in [4.78, 5) is 37.7. The minimum Gasteiger partial charge on any atom is -0.309 e. The molecule has 2 atom stereocenters. The molecule has 1 aliphatic carbocycles. The van der Waals surface area contributed by atoms with Gasteiger partial charge in [0, 0.05) is 24.0 Å². The summed E-state index contributed by atoms with van der Waals surface area (Å²) in [6.45, 7) is 5.61. The predicted molar refractivity (Wildman–Crippen MR) is 134 cm³/mol. The first-order valence-corrected chi connectivity index (χ1v) is 13.3. The number of Topliss-reactive ketones (excluding diaryl/α,β-unsaturated/α-hetero) is 1. The van der Waals surface area contributed by atoms with Gasteiger partial charge in [-0.3, -0.25) is 19.1 Å². The van der Waals surface area contributed by atoms with Crippen LogP contribution in [-0.2, 0) is 5.75 Å². The number of aromatic nitrogens is 6. The lowest BCUT2D eigenvalue weighted by Gasteiger charge is -2.31. The summed E-state index contributed by atoms with van der Waals surface area (Å²) in [5.74, 6) is 2.31. The van der Waals surface area contributed by atoms with Crippen LogP contribution in [0.4, 0.5) is 0 Å². The number of pyridine rings is 1. The summed E-state index contributed by atoms with van der Waals surface area (Å²) in [6.07, 6.45) is 8.28. The van der Waals surface area contributed by atoms with Crippen molar-refractivity contribution in [2.24, 2.45) is 5.92 Å². The molecule has 1 fully saturated rings. The predicted octanol–water partition coefficient (Wildman–Crippen LogP) is 5.19. The molecule has 0 spiro atoms. The van der Waals surface area contributed by atoms with E-state index in [4.69, 9.17) is 0 Å². The highest BCUT2D eigenvalue weighted by Gasteiger charge is 2.29. The molecular formula is C24H26N6O2S2. The number of aryl methyl sites for hydroxylation is 1. The number of H-pyrrole nitrogens is 1. The number of carbonyl (C=O) groups excluding carboxylic acids is 1. The minimum absolute atomic E-state index is 0.0477. The summed E-state index contributed by atoms with van der Waals surface area (Å²) in [7, 11) is 0. The molecule has 34 heavy (non-hydrogen) atoms. The molecule has 5 rings (SSSR count). The molecule has 10 heteroatoms. The summed E-state index contributed by atoms with van der Waals surface area (Å²) in [6, 6.07) is 4.23. The van der Waals surface area contributed by atoms with E-state index in [1.807, 2.05) is 18.3 Å². The van der Waals surface area contributed by atoms with Gasteiger partial charge in [0.05, 0.1) is 16.0 Å². The number of fused-ring (bicyclic) bond motifs is 1. The van der Waals surface area contributed by atoms with E-state index < -0.39 is 0 Å². The highest BCUT2D eigenvalue weighted by atomic mass is 32.2. The molecule has 0 radical (unpaired) electrons. The Morgan fingerprint density at radius 3 is 2.85 bits per heavy atom. The highest BCUT2D eigenvalue weighted by Crippen LogP contribution is 2.39. The number of nitrogens with one attached hydrogen (secondary N) is 1. The van der Waals surface area contributed by atoms with Crippen LogP contribution in [0.1, 0.15) is 66.6 Å². The van der Waals surface area contributed by atoms with Crippen molar-refractivity contribution in [3.8, 4) is 11.4 Å². The average molecular weight is 495 g/mol. The SMILES string of the molecule is CC(=O)c1sc2nc(CSc3nnc(-c4cccnc4)n3[C@@H]3CCCC[C@@H]3C)[nH]c(=O)c2c1C. The zero-order valence-corrected chi connectivity index (χ0v) is 21.0. The third kappa shape index (κ3) is 4.20. The van der Waals surface area contributed by atoms with Gasteiger partial charge >= 0.3 is 0 Å². The molecule has 0 aromatic carbocycles. The molecule has 0 aliphatic heterocycles. The minimum atomic E-state index is -0.208. The molecule has 4 heterocycles. The Kier molecular flexibility index (Phi) is 6.35. The van der Waals surface area contributed by atoms with Crippen molar-refractivity contribution in [1.29, 1.82) is 0 Å². The van der Waals surface area contributed by atoms with Crippen molar-refractivity contribution >= 4 is 39.1 Å². The first-order valence-electron chi connectivity index (χ1n) is 11.5. The van der Waals surface area contributed by atoms with E-state index in [2.05, 4.69) is 36.6 Å². The molecular weight excluding hydrogens is 468 g/mol. The second kappa shape index (κ2) is 9.42. The normalized spacial score (nSPS) is 18.4. The molecule has 4 aromatic heterocycles. The van der Waals surface area contributed by atoms with E-state index in [-0.39, 0.29) is 11.3 Å². The van der Waals surface area contributed by atoms with E-state index in [1.54, 1.807) is 13.1 Å². The van der Waals surface area contributed by atoms with Gasteiger partial charge < -0.3 is 4.98 Å². The van der Waals surface area contributed by atoms with Gasteiger partial charge in [-0.2, -0.15) is 0 Å². The van der Waals surface area contributed by atoms with Gasteiger partial charge in [0.15, 0.2) is 16.8 Å². The summed E-state index contributed by atoms with van der Waals surface area (Å²) in [5.41, 5.74) is 1.44. The zero-order chi connectivity index (χ0) is 23.8. The van der Waals surface area contributed by atoms with Crippen molar-refractivity contribution < 1.29 is 4.79 Å². The van der Waals surface area contributed by atoms with Crippen LogP contribution in [-0.4, -0.2) is 35.5 Å². The van der Waals surface area contributed by atoms with Crippen LogP contribution < -0.4 is 5.56 Å². The molecule has 0 saturated heterocycles. The van der Waals surface area contributed by atoms with Crippen LogP contribution in [0.3, 0.4) is 0 Å². The smallest absolute Gasteiger partial charge is 0.259 e. The maximum absolute atomic E-state index is 12.8. The van der Waals surface area contributed by atoms with Crippen LogP contribution in [0.25, 0.3) is 21.6 Å². The Balaban J connectivity index is 1.49. The number of hydrogen-bond acceptors (Lipinski definition) is 8. The zero-order valence-electron chi connectivity index (χ0n) is 19.4. The van der Waals surface area contributed by atoms with Crippen LogP contribution >= 0.6 is 23.1 Å². The van der Waals surface area contributed by atoms with Gasteiger partial charge in [0.2, 0.25) is 0 Å². The number of nitrogens with zero attached hydrogens (tertiary/aromatic N) is 5. The number of aromatic amines is 1. The average Bonchev–Trinajstić information content (AvgIpc) is 3.40. The maximum Gasteiger partial charge on any atom is 0.259 e. The Hall–Kier alpha value is -2.85. The Morgan fingerprint density at radius 1 is 1.29 bits per heavy atom. The largest absolute Gasteiger partial charge is 0.309 e. The quantitative estimate of drug-likeness (QED) is 0.290. The summed E-state index contributed by atoms with van der Waals surface area (Å²) >= 11 is 2.80. The monoisotopic (exact) mass is 494 g/mol. The molecule has 4 aromatic rings. The number of thioether (sulfide) groups is 1. The highest BCUT2D eigenvalue weighted by molar-refractivity contribution is 7.98. The molecule has 176 valence electrons. The number of carbonyl (C=O) groups is 1. The fraction of sp³-hybridized carbons (Fsp3) is 0.417. The first-order chi connectivity index (χ1) is 16.4. The maximum atomic E-state index is 12.8. The van der Waals surface area contributed by atoms with Crippen LogP contribution in [0.15, 0.2) is 34.5 Å². The molecule has 0 unspecified atom stereocenters.